The van der Waals surface area contributed by atoms with Crippen molar-refractivity contribution in [1.29, 1.82) is 0 Å². The van der Waals surface area contributed by atoms with Crippen LogP contribution in [0, 0.1) is 0 Å². The van der Waals surface area contributed by atoms with Crippen LogP contribution in [0.25, 0.3) is 0 Å². The molecule has 0 fully saturated rings. The number of hydrogen-bond acceptors (Lipinski definition) is 6. The monoisotopic (exact) mass is 327 g/mol. The molecule has 21 heavy (non-hydrogen) atoms. The average molecular weight is 327 g/mol. The third-order valence-corrected chi connectivity index (χ3v) is 5.53. The van der Waals surface area contributed by atoms with E-state index in [1.54, 1.807) is 0 Å². The molecule has 112 valence electrons. The molecule has 0 amide bonds. The third-order valence-electron chi connectivity index (χ3n) is 2.79. The molecule has 0 aromatic heterocycles. The first kappa shape index (κ1) is 15.3. The Morgan fingerprint density at radius 2 is 1.29 bits per heavy atom. The lowest BCUT2D eigenvalue weighted by Crippen LogP contribution is -2.15. The van der Waals surface area contributed by atoms with E-state index in [9.17, 15) is 16.8 Å². The lowest BCUT2D eigenvalue weighted by atomic mass is 10.3. The van der Waals surface area contributed by atoms with E-state index in [4.69, 9.17) is 16.6 Å². The first-order valence-corrected chi connectivity index (χ1v) is 8.68. The van der Waals surface area contributed by atoms with Crippen molar-refractivity contribution in [3.05, 3.63) is 42.5 Å². The summed E-state index contributed by atoms with van der Waals surface area (Å²) >= 11 is 0. The minimum absolute atomic E-state index is 0.0122. The van der Waals surface area contributed by atoms with Crippen LogP contribution in [0.5, 0.6) is 0 Å². The number of nitrogens with two attached hydrogens (primary N) is 3. The maximum absolute atomic E-state index is 12.4. The molecular formula is C12H13N3O4S2. The van der Waals surface area contributed by atoms with Gasteiger partial charge in [-0.25, -0.2) is 22.0 Å². The molecular weight excluding hydrogens is 314 g/mol. The van der Waals surface area contributed by atoms with Crippen LogP contribution in [0.2, 0.25) is 0 Å². The Bertz CT molecular complexity index is 889. The average Bonchev–Trinajstić information content (AvgIpc) is 2.38. The molecule has 9 heteroatoms. The number of anilines is 2. The molecule has 0 aliphatic carbocycles. The molecule has 0 atom stereocenters. The van der Waals surface area contributed by atoms with E-state index in [-0.39, 0.29) is 15.5 Å². The van der Waals surface area contributed by atoms with E-state index in [0.29, 0.717) is 5.69 Å². The molecule has 0 aliphatic heterocycles. The Morgan fingerprint density at radius 3 is 1.81 bits per heavy atom. The number of hydrogen-bond donors (Lipinski definition) is 3. The second-order valence-corrected chi connectivity index (χ2v) is 7.80. The second-order valence-electron chi connectivity index (χ2n) is 4.32. The lowest BCUT2D eigenvalue weighted by molar-refractivity contribution is 0.595. The molecule has 0 saturated heterocycles. The minimum atomic E-state index is -4.11. The lowest BCUT2D eigenvalue weighted by Gasteiger charge is -2.08. The van der Waals surface area contributed by atoms with Crippen LogP contribution in [-0.4, -0.2) is 16.8 Å². The SMILES string of the molecule is Nc1ccc(S(=O)(=O)c2ccc(N)c(S(N)(=O)=O)c2)cc1. The number of nitrogen functional groups attached to an aromatic ring is 2. The molecule has 0 spiro atoms. The van der Waals surface area contributed by atoms with Crippen molar-refractivity contribution in [2.45, 2.75) is 14.7 Å². The highest BCUT2D eigenvalue weighted by Gasteiger charge is 2.21. The van der Waals surface area contributed by atoms with Crippen molar-refractivity contribution in [2.75, 3.05) is 11.5 Å². The van der Waals surface area contributed by atoms with Crippen LogP contribution in [0.3, 0.4) is 0 Å². The zero-order valence-electron chi connectivity index (χ0n) is 10.7. The predicted molar refractivity (Wildman–Crippen MR) is 78.5 cm³/mol. The maximum Gasteiger partial charge on any atom is 0.240 e. The fourth-order valence-electron chi connectivity index (χ4n) is 1.71. The summed E-state index contributed by atoms with van der Waals surface area (Å²) in [5.41, 5.74) is 11.3. The molecule has 6 N–H and O–H groups in total. The number of primary sulfonamides is 1. The van der Waals surface area contributed by atoms with Gasteiger partial charge >= 0.3 is 0 Å². The Labute approximate surface area is 122 Å². The molecule has 2 rings (SSSR count). The first-order valence-electron chi connectivity index (χ1n) is 5.65. The highest BCUT2D eigenvalue weighted by atomic mass is 32.2. The van der Waals surface area contributed by atoms with Gasteiger partial charge in [-0.3, -0.25) is 0 Å². The number of sulfone groups is 1. The summed E-state index contributed by atoms with van der Waals surface area (Å²) in [4.78, 5) is -0.661. The van der Waals surface area contributed by atoms with Crippen LogP contribution in [-0.2, 0) is 19.9 Å². The van der Waals surface area contributed by atoms with Gasteiger partial charge in [-0.05, 0) is 42.5 Å². The Hall–Kier alpha value is -2.10. The van der Waals surface area contributed by atoms with Crippen molar-refractivity contribution in [2.24, 2.45) is 5.14 Å². The summed E-state index contributed by atoms with van der Waals surface area (Å²) in [6.07, 6.45) is 0. The normalized spacial score (nSPS) is 12.2. The predicted octanol–water partition coefficient (Wildman–Crippen LogP) is 0.331. The fraction of sp³-hybridized carbons (Fsp3) is 0. The van der Waals surface area contributed by atoms with Gasteiger partial charge in [0.05, 0.1) is 15.5 Å². The molecule has 0 saturated carbocycles. The maximum atomic E-state index is 12.4. The largest absolute Gasteiger partial charge is 0.399 e. The van der Waals surface area contributed by atoms with Crippen LogP contribution in [0.15, 0.2) is 57.2 Å². The van der Waals surface area contributed by atoms with Gasteiger partial charge in [0.2, 0.25) is 19.9 Å². The van der Waals surface area contributed by atoms with Gasteiger partial charge in [0.15, 0.2) is 0 Å². The molecule has 0 unspecified atom stereocenters. The summed E-state index contributed by atoms with van der Waals surface area (Å²) in [6.45, 7) is 0. The molecule has 0 radical (unpaired) electrons. The Balaban J connectivity index is 2.64. The summed E-state index contributed by atoms with van der Waals surface area (Å²) in [5.74, 6) is 0. The molecule has 7 nitrogen and oxygen atoms in total. The first-order chi connectivity index (χ1) is 9.62. The van der Waals surface area contributed by atoms with Crippen molar-refractivity contribution in [3.63, 3.8) is 0 Å². The van der Waals surface area contributed by atoms with Crippen LogP contribution in [0.4, 0.5) is 11.4 Å². The van der Waals surface area contributed by atoms with Crippen molar-refractivity contribution in [1.82, 2.24) is 0 Å². The van der Waals surface area contributed by atoms with Crippen molar-refractivity contribution in [3.8, 4) is 0 Å². The number of benzene rings is 2. The topological polar surface area (TPSA) is 146 Å². The highest BCUT2D eigenvalue weighted by molar-refractivity contribution is 7.91. The quantitative estimate of drug-likeness (QED) is 0.692. The van der Waals surface area contributed by atoms with E-state index >= 15 is 0 Å². The molecule has 2 aromatic rings. The molecule has 0 bridgehead atoms. The van der Waals surface area contributed by atoms with Crippen LogP contribution in [0.1, 0.15) is 0 Å². The van der Waals surface area contributed by atoms with Gasteiger partial charge in [0.25, 0.3) is 0 Å². The minimum Gasteiger partial charge on any atom is -0.399 e. The van der Waals surface area contributed by atoms with Crippen molar-refractivity contribution >= 4 is 31.2 Å². The van der Waals surface area contributed by atoms with Gasteiger partial charge in [0.1, 0.15) is 4.90 Å². The molecule has 0 aliphatic rings. The molecule has 0 heterocycles. The highest BCUT2D eigenvalue weighted by Crippen LogP contribution is 2.26. The number of sulfonamides is 1. The number of rotatable bonds is 3. The second kappa shape index (κ2) is 5.02. The van der Waals surface area contributed by atoms with E-state index in [0.717, 1.165) is 6.07 Å². The van der Waals surface area contributed by atoms with Crippen LogP contribution >= 0.6 is 0 Å². The standard InChI is InChI=1S/C12H13N3O4S2/c13-8-1-3-9(4-2-8)20(16,17)10-5-6-11(14)12(7-10)21(15,18)19/h1-7H,13-14H2,(H2,15,18,19). The van der Waals surface area contributed by atoms with E-state index in [2.05, 4.69) is 0 Å². The van der Waals surface area contributed by atoms with Crippen molar-refractivity contribution < 1.29 is 16.8 Å². The summed E-state index contributed by atoms with van der Waals surface area (Å²) < 4.78 is 47.6. The Morgan fingerprint density at radius 1 is 0.762 bits per heavy atom. The zero-order valence-corrected chi connectivity index (χ0v) is 12.4. The fourth-order valence-corrected chi connectivity index (χ4v) is 3.76. The summed E-state index contributed by atoms with van der Waals surface area (Å²) in [6, 6.07) is 8.88. The van der Waals surface area contributed by atoms with Gasteiger partial charge in [-0.2, -0.15) is 0 Å². The summed E-state index contributed by atoms with van der Waals surface area (Å²) in [5, 5.41) is 5.01. The smallest absolute Gasteiger partial charge is 0.240 e. The van der Waals surface area contributed by atoms with E-state index < -0.39 is 24.8 Å². The summed E-state index contributed by atoms with van der Waals surface area (Å²) in [7, 11) is -8.00. The third kappa shape index (κ3) is 2.99. The van der Waals surface area contributed by atoms with Gasteiger partial charge in [-0.15, -0.1) is 0 Å². The van der Waals surface area contributed by atoms with E-state index in [1.807, 2.05) is 0 Å². The zero-order chi connectivity index (χ0) is 15.8. The van der Waals surface area contributed by atoms with Gasteiger partial charge in [-0.1, -0.05) is 0 Å². The van der Waals surface area contributed by atoms with Gasteiger partial charge in [0, 0.05) is 5.69 Å². The van der Waals surface area contributed by atoms with Gasteiger partial charge < -0.3 is 11.5 Å². The molecule has 2 aromatic carbocycles. The van der Waals surface area contributed by atoms with Crippen LogP contribution < -0.4 is 16.6 Å². The van der Waals surface area contributed by atoms with E-state index in [1.165, 1.54) is 36.4 Å². The Kier molecular flexibility index (Phi) is 3.66.